The van der Waals surface area contributed by atoms with Crippen LogP contribution in [0.5, 0.6) is 0 Å². The van der Waals surface area contributed by atoms with Crippen molar-refractivity contribution >= 4 is 24.3 Å². The van der Waals surface area contributed by atoms with Gasteiger partial charge in [-0.05, 0) is 51.2 Å². The molecule has 25 heavy (non-hydrogen) atoms. The van der Waals surface area contributed by atoms with E-state index >= 15 is 0 Å². The first-order chi connectivity index (χ1) is 12.0. The SMILES string of the molecule is CCOC(=O)[C@@H](OP1(=S)N(C)[C@@H]2CCCC[C@H]2N1C)c1ccccc1. The molecule has 0 bridgehead atoms. The summed E-state index contributed by atoms with van der Waals surface area (Å²) in [5.74, 6) is -0.366. The Balaban J connectivity index is 1.90. The lowest BCUT2D eigenvalue weighted by Gasteiger charge is -2.33. The molecule has 3 rings (SSSR count). The number of rotatable bonds is 5. The summed E-state index contributed by atoms with van der Waals surface area (Å²) < 4.78 is 16.1. The van der Waals surface area contributed by atoms with E-state index < -0.39 is 12.7 Å². The van der Waals surface area contributed by atoms with E-state index in [-0.39, 0.29) is 5.97 Å². The maximum atomic E-state index is 12.6. The Morgan fingerprint density at radius 1 is 1.20 bits per heavy atom. The Morgan fingerprint density at radius 2 is 1.76 bits per heavy atom. The molecule has 1 aliphatic carbocycles. The summed E-state index contributed by atoms with van der Waals surface area (Å²) in [5.41, 5.74) is 0.793. The van der Waals surface area contributed by atoms with Gasteiger partial charge in [0.2, 0.25) is 6.57 Å². The van der Waals surface area contributed by atoms with Crippen molar-refractivity contribution in [3.63, 3.8) is 0 Å². The van der Waals surface area contributed by atoms with Crippen molar-refractivity contribution < 1.29 is 14.1 Å². The summed E-state index contributed by atoms with van der Waals surface area (Å²) in [6.45, 7) is -0.326. The van der Waals surface area contributed by atoms with Crippen LogP contribution >= 0.6 is 6.57 Å². The van der Waals surface area contributed by atoms with Crippen molar-refractivity contribution in [2.75, 3.05) is 20.7 Å². The highest BCUT2D eigenvalue weighted by Gasteiger charge is 2.51. The predicted octanol–water partition coefficient (Wildman–Crippen LogP) is 3.72. The molecular formula is C18H27N2O3PS. The lowest BCUT2D eigenvalue weighted by molar-refractivity contribution is -0.151. The van der Waals surface area contributed by atoms with E-state index in [2.05, 4.69) is 23.4 Å². The second-order valence-electron chi connectivity index (χ2n) is 6.71. The Morgan fingerprint density at radius 3 is 2.28 bits per heavy atom. The van der Waals surface area contributed by atoms with Crippen molar-refractivity contribution in [1.29, 1.82) is 0 Å². The monoisotopic (exact) mass is 382 g/mol. The first-order valence-corrected chi connectivity index (χ1v) is 11.6. The molecule has 0 spiro atoms. The molecule has 1 aliphatic heterocycles. The van der Waals surface area contributed by atoms with Gasteiger partial charge in [-0.1, -0.05) is 43.2 Å². The fraction of sp³-hybridized carbons (Fsp3) is 0.611. The average Bonchev–Trinajstić information content (AvgIpc) is 2.83. The van der Waals surface area contributed by atoms with E-state index in [9.17, 15) is 4.79 Å². The van der Waals surface area contributed by atoms with Crippen LogP contribution in [0.25, 0.3) is 0 Å². The molecule has 5 nitrogen and oxygen atoms in total. The molecule has 2 fully saturated rings. The van der Waals surface area contributed by atoms with Crippen LogP contribution < -0.4 is 0 Å². The first-order valence-electron chi connectivity index (χ1n) is 8.95. The maximum Gasteiger partial charge on any atom is 0.340 e. The summed E-state index contributed by atoms with van der Waals surface area (Å²) >= 11 is 6.04. The van der Waals surface area contributed by atoms with E-state index in [0.717, 1.165) is 18.4 Å². The van der Waals surface area contributed by atoms with Crippen molar-refractivity contribution in [2.45, 2.75) is 50.8 Å². The lowest BCUT2D eigenvalue weighted by atomic mass is 9.91. The number of carbonyl (C=O) groups excluding carboxylic acids is 1. The Kier molecular flexibility index (Phi) is 5.96. The number of fused-ring (bicyclic) bond motifs is 1. The lowest BCUT2D eigenvalue weighted by Crippen LogP contribution is -2.37. The molecule has 0 aromatic heterocycles. The topological polar surface area (TPSA) is 42.0 Å². The zero-order valence-corrected chi connectivity index (χ0v) is 16.8. The van der Waals surface area contributed by atoms with E-state index in [0.29, 0.717) is 18.7 Å². The maximum absolute atomic E-state index is 12.6. The van der Waals surface area contributed by atoms with Gasteiger partial charge >= 0.3 is 5.97 Å². The smallest absolute Gasteiger partial charge is 0.340 e. The molecule has 138 valence electrons. The summed E-state index contributed by atoms with van der Waals surface area (Å²) in [7, 11) is 4.11. The van der Waals surface area contributed by atoms with Crippen LogP contribution in [0.4, 0.5) is 0 Å². The van der Waals surface area contributed by atoms with Gasteiger partial charge in [-0.15, -0.1) is 0 Å². The van der Waals surface area contributed by atoms with Crippen LogP contribution in [0.15, 0.2) is 30.3 Å². The van der Waals surface area contributed by atoms with Crippen LogP contribution in [-0.2, 0) is 25.9 Å². The number of hydrogen-bond donors (Lipinski definition) is 0. The van der Waals surface area contributed by atoms with E-state index in [1.165, 1.54) is 12.8 Å². The molecule has 2 aliphatic rings. The number of esters is 1. The van der Waals surface area contributed by atoms with Crippen LogP contribution in [-0.4, -0.2) is 48.1 Å². The number of benzene rings is 1. The number of hydrogen-bond acceptors (Lipinski definition) is 4. The van der Waals surface area contributed by atoms with Gasteiger partial charge < -0.3 is 9.26 Å². The fourth-order valence-electron chi connectivity index (χ4n) is 3.93. The van der Waals surface area contributed by atoms with Crippen LogP contribution in [0.1, 0.15) is 44.3 Å². The highest BCUT2D eigenvalue weighted by atomic mass is 32.5. The second-order valence-corrected chi connectivity index (χ2v) is 10.6. The Labute approximate surface area is 155 Å². The summed E-state index contributed by atoms with van der Waals surface area (Å²) in [5, 5.41) is 0. The Hall–Kier alpha value is -0.780. The van der Waals surface area contributed by atoms with Gasteiger partial charge in [0.05, 0.1) is 6.61 Å². The highest BCUT2D eigenvalue weighted by Crippen LogP contribution is 2.64. The molecule has 1 aromatic rings. The number of carbonyl (C=O) groups is 1. The second kappa shape index (κ2) is 7.85. The molecular weight excluding hydrogens is 355 g/mol. The van der Waals surface area contributed by atoms with Crippen LogP contribution in [0.3, 0.4) is 0 Å². The standard InChI is InChI=1S/C18H27N2O3PS/c1-4-22-18(21)17(14-10-6-5-7-11-14)23-24(25)19(2)15-12-8-9-13-16(15)20(24)3/h5-7,10-11,15-17H,4,8-9,12-13H2,1-3H3/t15-,16-,17+/m1/s1. The van der Waals surface area contributed by atoms with Crippen molar-refractivity contribution in [3.8, 4) is 0 Å². The minimum Gasteiger partial charge on any atom is -0.464 e. The van der Waals surface area contributed by atoms with Crippen molar-refractivity contribution in [1.82, 2.24) is 9.34 Å². The zero-order chi connectivity index (χ0) is 18.0. The van der Waals surface area contributed by atoms with Crippen molar-refractivity contribution in [2.24, 2.45) is 0 Å². The van der Waals surface area contributed by atoms with Gasteiger partial charge in [0, 0.05) is 12.1 Å². The number of ether oxygens (including phenoxy) is 1. The van der Waals surface area contributed by atoms with Gasteiger partial charge in [-0.2, -0.15) is 0 Å². The minimum atomic E-state index is -2.46. The van der Waals surface area contributed by atoms with E-state index in [1.54, 1.807) is 6.92 Å². The summed E-state index contributed by atoms with van der Waals surface area (Å²) in [6.07, 6.45) is 3.96. The van der Waals surface area contributed by atoms with Gasteiger partial charge in [0.15, 0.2) is 6.10 Å². The number of nitrogens with zero attached hydrogens (tertiary/aromatic N) is 2. The first kappa shape index (κ1) is 19.0. The molecule has 1 heterocycles. The van der Waals surface area contributed by atoms with Crippen LogP contribution in [0, 0.1) is 0 Å². The third-order valence-corrected chi connectivity index (χ3v) is 9.77. The fourth-order valence-corrected chi connectivity index (χ4v) is 7.43. The normalized spacial score (nSPS) is 27.6. The Bertz CT molecular complexity index is 635. The van der Waals surface area contributed by atoms with Crippen LogP contribution in [0.2, 0.25) is 0 Å². The van der Waals surface area contributed by atoms with Gasteiger partial charge in [0.1, 0.15) is 0 Å². The quantitative estimate of drug-likeness (QED) is 0.571. The molecule has 1 saturated carbocycles. The van der Waals surface area contributed by atoms with Crippen molar-refractivity contribution in [3.05, 3.63) is 35.9 Å². The van der Waals surface area contributed by atoms with Gasteiger partial charge in [-0.25, -0.2) is 14.1 Å². The van der Waals surface area contributed by atoms with Gasteiger partial charge in [-0.3, -0.25) is 0 Å². The molecule has 0 unspecified atom stereocenters. The van der Waals surface area contributed by atoms with E-state index in [4.69, 9.17) is 21.1 Å². The molecule has 1 saturated heterocycles. The minimum absolute atomic E-state index is 0.325. The number of likely N-dealkylation sites (N-methyl/N-ethyl adjacent to an activating group) is 2. The summed E-state index contributed by atoms with van der Waals surface area (Å²) in [6, 6.07) is 10.4. The molecule has 0 N–H and O–H groups in total. The molecule has 0 amide bonds. The molecule has 1 aromatic carbocycles. The van der Waals surface area contributed by atoms with Gasteiger partial charge in [0.25, 0.3) is 0 Å². The third kappa shape index (κ3) is 3.56. The van der Waals surface area contributed by atoms with E-state index in [1.807, 2.05) is 30.3 Å². The molecule has 7 heteroatoms. The average molecular weight is 382 g/mol. The zero-order valence-electron chi connectivity index (χ0n) is 15.1. The molecule has 0 radical (unpaired) electrons. The third-order valence-electron chi connectivity index (χ3n) is 5.30. The summed E-state index contributed by atoms with van der Waals surface area (Å²) in [4.78, 5) is 12.6. The predicted molar refractivity (Wildman–Crippen MR) is 103 cm³/mol. The molecule has 3 atom stereocenters. The highest BCUT2D eigenvalue weighted by molar-refractivity contribution is 8.10. The largest absolute Gasteiger partial charge is 0.464 e.